The summed E-state index contributed by atoms with van der Waals surface area (Å²) in [6.45, 7) is 2.07. The van der Waals surface area contributed by atoms with Crippen molar-refractivity contribution in [3.8, 4) is 0 Å². The molecule has 1 aromatic rings. The van der Waals surface area contributed by atoms with E-state index in [2.05, 4.69) is 22.3 Å². The third kappa shape index (κ3) is 3.78. The van der Waals surface area contributed by atoms with Gasteiger partial charge in [0, 0.05) is 26.1 Å². The van der Waals surface area contributed by atoms with E-state index in [1.165, 1.54) is 5.56 Å². The van der Waals surface area contributed by atoms with Crippen molar-refractivity contribution in [3.63, 3.8) is 0 Å². The zero-order valence-electron chi connectivity index (χ0n) is 14.6. The molecule has 1 aliphatic heterocycles. The summed E-state index contributed by atoms with van der Waals surface area (Å²) in [5.41, 5.74) is 1.02. The Bertz CT molecular complexity index is 596. The number of likely N-dealkylation sites (tertiary alicyclic amines) is 1. The van der Waals surface area contributed by atoms with Crippen LogP contribution in [0.1, 0.15) is 31.2 Å². The first kappa shape index (κ1) is 17.0. The summed E-state index contributed by atoms with van der Waals surface area (Å²) in [7, 11) is 3.99. The summed E-state index contributed by atoms with van der Waals surface area (Å²) in [5.74, 6) is 0.176. The molecule has 1 aliphatic carbocycles. The zero-order valence-corrected chi connectivity index (χ0v) is 14.6. The normalized spacial score (nSPS) is 22.5. The summed E-state index contributed by atoms with van der Waals surface area (Å²) in [4.78, 5) is 28.7. The highest BCUT2D eigenvalue weighted by Crippen LogP contribution is 2.45. The first-order valence-corrected chi connectivity index (χ1v) is 8.80. The number of amides is 2. The molecular formula is C19H27N3O2. The molecule has 3 rings (SSSR count). The Hall–Kier alpha value is -1.88. The van der Waals surface area contributed by atoms with Crippen LogP contribution >= 0.6 is 0 Å². The van der Waals surface area contributed by atoms with Crippen LogP contribution in [0.25, 0.3) is 0 Å². The number of piperidine rings is 1. The van der Waals surface area contributed by atoms with E-state index in [9.17, 15) is 9.59 Å². The van der Waals surface area contributed by atoms with Crippen molar-refractivity contribution >= 4 is 11.8 Å². The lowest BCUT2D eigenvalue weighted by Gasteiger charge is -2.33. The largest absolute Gasteiger partial charge is 0.346 e. The molecule has 1 unspecified atom stereocenters. The molecule has 24 heavy (non-hydrogen) atoms. The second-order valence-electron chi connectivity index (χ2n) is 7.32. The van der Waals surface area contributed by atoms with E-state index in [4.69, 9.17) is 0 Å². The predicted molar refractivity (Wildman–Crippen MR) is 93.4 cm³/mol. The van der Waals surface area contributed by atoms with Crippen LogP contribution < -0.4 is 5.32 Å². The van der Waals surface area contributed by atoms with E-state index < -0.39 is 0 Å². The van der Waals surface area contributed by atoms with Crippen molar-refractivity contribution < 1.29 is 9.59 Å². The van der Waals surface area contributed by atoms with E-state index in [0.29, 0.717) is 25.9 Å². The van der Waals surface area contributed by atoms with Gasteiger partial charge in [0.2, 0.25) is 11.8 Å². The molecule has 0 spiro atoms. The fourth-order valence-electron chi connectivity index (χ4n) is 3.37. The molecule has 5 nitrogen and oxygen atoms in total. The van der Waals surface area contributed by atoms with E-state index in [-0.39, 0.29) is 23.3 Å². The molecule has 2 amide bonds. The molecule has 0 bridgehead atoms. The Morgan fingerprint density at radius 1 is 1.29 bits per heavy atom. The van der Waals surface area contributed by atoms with E-state index >= 15 is 0 Å². The minimum Gasteiger partial charge on any atom is -0.346 e. The van der Waals surface area contributed by atoms with E-state index in [0.717, 1.165) is 19.4 Å². The summed E-state index contributed by atoms with van der Waals surface area (Å²) >= 11 is 0. The van der Waals surface area contributed by atoms with Gasteiger partial charge in [0.1, 0.15) is 0 Å². The molecule has 1 saturated heterocycles. The molecule has 130 valence electrons. The highest BCUT2D eigenvalue weighted by Gasteiger charge is 2.46. The van der Waals surface area contributed by atoms with Crippen LogP contribution in [-0.2, 0) is 15.1 Å². The lowest BCUT2D eigenvalue weighted by atomic mass is 9.95. The quantitative estimate of drug-likeness (QED) is 0.862. The summed E-state index contributed by atoms with van der Waals surface area (Å²) < 4.78 is 0. The van der Waals surface area contributed by atoms with Gasteiger partial charge in [-0.05, 0) is 38.9 Å². The third-order valence-corrected chi connectivity index (χ3v) is 5.13. The van der Waals surface area contributed by atoms with Crippen LogP contribution in [0.5, 0.6) is 0 Å². The predicted octanol–water partition coefficient (Wildman–Crippen LogP) is 1.59. The smallest absolute Gasteiger partial charge is 0.225 e. The fraction of sp³-hybridized carbons (Fsp3) is 0.579. The number of carbonyl (C=O) groups excluding carboxylic acids is 2. The van der Waals surface area contributed by atoms with Crippen molar-refractivity contribution in [2.45, 2.75) is 31.2 Å². The lowest BCUT2D eigenvalue weighted by molar-refractivity contribution is -0.138. The number of hydrogen-bond acceptors (Lipinski definition) is 3. The van der Waals surface area contributed by atoms with Gasteiger partial charge in [-0.25, -0.2) is 0 Å². The summed E-state index contributed by atoms with van der Waals surface area (Å²) in [5, 5.41) is 3.27. The minimum absolute atomic E-state index is 0.0916. The van der Waals surface area contributed by atoms with E-state index in [1.807, 2.05) is 37.2 Å². The molecule has 1 saturated carbocycles. The summed E-state index contributed by atoms with van der Waals surface area (Å²) in [6.07, 6.45) is 3.13. The van der Waals surface area contributed by atoms with Crippen LogP contribution in [0.3, 0.4) is 0 Å². The molecule has 1 aromatic carbocycles. The fourth-order valence-corrected chi connectivity index (χ4v) is 3.37. The summed E-state index contributed by atoms with van der Waals surface area (Å²) in [6, 6.07) is 10.2. The molecule has 1 heterocycles. The van der Waals surface area contributed by atoms with Crippen LogP contribution in [0.15, 0.2) is 30.3 Å². The molecule has 5 heteroatoms. The van der Waals surface area contributed by atoms with Gasteiger partial charge in [0.05, 0.1) is 11.5 Å². The van der Waals surface area contributed by atoms with Crippen molar-refractivity contribution in [2.24, 2.45) is 5.92 Å². The Kier molecular flexibility index (Phi) is 4.90. The van der Waals surface area contributed by atoms with Crippen molar-refractivity contribution in [3.05, 3.63) is 35.9 Å². The Morgan fingerprint density at radius 3 is 2.62 bits per heavy atom. The second-order valence-corrected chi connectivity index (χ2v) is 7.32. The number of likely N-dealkylation sites (N-methyl/N-ethyl adjacent to an activating group) is 1. The Morgan fingerprint density at radius 2 is 2.00 bits per heavy atom. The lowest BCUT2D eigenvalue weighted by Crippen LogP contribution is -2.49. The van der Waals surface area contributed by atoms with Gasteiger partial charge >= 0.3 is 0 Å². The Labute approximate surface area is 144 Å². The average molecular weight is 329 g/mol. The van der Waals surface area contributed by atoms with Crippen LogP contribution in [0, 0.1) is 5.92 Å². The maximum absolute atomic E-state index is 12.8. The minimum atomic E-state index is -0.172. The molecular weight excluding hydrogens is 302 g/mol. The van der Waals surface area contributed by atoms with Crippen LogP contribution in [0.2, 0.25) is 0 Å². The molecule has 0 aromatic heterocycles. The first-order valence-electron chi connectivity index (χ1n) is 8.80. The Balaban J connectivity index is 1.60. The van der Waals surface area contributed by atoms with Gasteiger partial charge in [-0.2, -0.15) is 0 Å². The standard InChI is InChI=1S/C19H27N3O2/c1-21(2)12-13-22-14-15(8-9-17(22)23)18(24)20-19(10-11-19)16-6-4-3-5-7-16/h3-7,15H,8-14H2,1-2H3,(H,20,24). The van der Waals surface area contributed by atoms with Gasteiger partial charge in [-0.1, -0.05) is 30.3 Å². The molecule has 1 atom stereocenters. The highest BCUT2D eigenvalue weighted by molar-refractivity contribution is 5.84. The maximum atomic E-state index is 12.8. The van der Waals surface area contributed by atoms with Gasteiger partial charge in [-0.3, -0.25) is 9.59 Å². The molecule has 2 fully saturated rings. The van der Waals surface area contributed by atoms with Crippen molar-refractivity contribution in [1.82, 2.24) is 15.1 Å². The maximum Gasteiger partial charge on any atom is 0.225 e. The van der Waals surface area contributed by atoms with Crippen LogP contribution in [0.4, 0.5) is 0 Å². The van der Waals surface area contributed by atoms with Crippen LogP contribution in [-0.4, -0.2) is 55.3 Å². The number of benzene rings is 1. The van der Waals surface area contributed by atoms with Crippen molar-refractivity contribution in [2.75, 3.05) is 33.7 Å². The molecule has 1 N–H and O–H groups in total. The van der Waals surface area contributed by atoms with E-state index in [1.54, 1.807) is 0 Å². The highest BCUT2D eigenvalue weighted by atomic mass is 16.2. The monoisotopic (exact) mass is 329 g/mol. The van der Waals surface area contributed by atoms with Gasteiger partial charge in [0.25, 0.3) is 0 Å². The van der Waals surface area contributed by atoms with Gasteiger partial charge in [0.15, 0.2) is 0 Å². The number of nitrogens with one attached hydrogen (secondary N) is 1. The second kappa shape index (κ2) is 6.93. The van der Waals surface area contributed by atoms with Gasteiger partial charge in [-0.15, -0.1) is 0 Å². The number of nitrogens with zero attached hydrogens (tertiary/aromatic N) is 2. The molecule has 2 aliphatic rings. The molecule has 0 radical (unpaired) electrons. The van der Waals surface area contributed by atoms with Crippen molar-refractivity contribution in [1.29, 1.82) is 0 Å². The first-order chi connectivity index (χ1) is 11.5. The number of rotatable bonds is 6. The number of hydrogen-bond donors (Lipinski definition) is 1. The zero-order chi connectivity index (χ0) is 17.2. The third-order valence-electron chi connectivity index (χ3n) is 5.13. The van der Waals surface area contributed by atoms with Gasteiger partial charge < -0.3 is 15.1 Å². The topological polar surface area (TPSA) is 52.6 Å². The SMILES string of the molecule is CN(C)CCN1CC(C(=O)NC2(c3ccccc3)CC2)CCC1=O. The number of carbonyl (C=O) groups is 2. The average Bonchev–Trinajstić information content (AvgIpc) is 3.35.